The minimum atomic E-state index is -0.390. The van der Waals surface area contributed by atoms with Crippen LogP contribution in [0.2, 0.25) is 0 Å². The van der Waals surface area contributed by atoms with Gasteiger partial charge in [0.15, 0.2) is 0 Å². The number of hydrogen-bond donors (Lipinski definition) is 2. The van der Waals surface area contributed by atoms with E-state index in [1.54, 1.807) is 19.2 Å². The summed E-state index contributed by atoms with van der Waals surface area (Å²) < 4.78 is 0. The van der Waals surface area contributed by atoms with Crippen molar-refractivity contribution in [1.29, 1.82) is 0 Å². The first-order chi connectivity index (χ1) is 9.10. The lowest BCUT2D eigenvalue weighted by Gasteiger charge is -2.22. The van der Waals surface area contributed by atoms with Gasteiger partial charge in [-0.3, -0.25) is 4.79 Å². The lowest BCUT2D eigenvalue weighted by Crippen LogP contribution is -2.34. The van der Waals surface area contributed by atoms with Crippen LogP contribution in [0.25, 0.3) is 0 Å². The van der Waals surface area contributed by atoms with Crippen LogP contribution in [0, 0.1) is 5.92 Å². The minimum absolute atomic E-state index is 0.114. The van der Waals surface area contributed by atoms with Gasteiger partial charge in [-0.05, 0) is 43.5 Å². The van der Waals surface area contributed by atoms with E-state index < -0.39 is 5.92 Å². The van der Waals surface area contributed by atoms with Crippen LogP contribution >= 0.6 is 0 Å². The molecule has 4 heteroatoms. The Morgan fingerprint density at radius 2 is 2.05 bits per heavy atom. The maximum atomic E-state index is 12.2. The van der Waals surface area contributed by atoms with Crippen LogP contribution in [0.3, 0.4) is 0 Å². The number of aliphatic hydroxyl groups excluding tert-OH is 1. The smallest absolute Gasteiger partial charge is 0.232 e. The fraction of sp³-hybridized carbons (Fsp3) is 0.400. The van der Waals surface area contributed by atoms with Gasteiger partial charge in [0.2, 0.25) is 5.91 Å². The van der Waals surface area contributed by atoms with Gasteiger partial charge in [0.25, 0.3) is 0 Å². The van der Waals surface area contributed by atoms with Crippen molar-refractivity contribution in [2.45, 2.75) is 19.3 Å². The van der Waals surface area contributed by atoms with Crippen LogP contribution in [0.4, 0.5) is 5.69 Å². The fourth-order valence-corrected chi connectivity index (χ4v) is 1.88. The molecule has 0 radical (unpaired) electrons. The summed E-state index contributed by atoms with van der Waals surface area (Å²) in [5.41, 5.74) is 0.699. The van der Waals surface area contributed by atoms with Gasteiger partial charge in [-0.1, -0.05) is 6.08 Å². The Labute approximate surface area is 114 Å². The summed E-state index contributed by atoms with van der Waals surface area (Å²) in [7, 11) is 1.67. The molecular formula is C15H21NO3. The zero-order valence-corrected chi connectivity index (χ0v) is 11.2. The number of phenolic OH excluding ortho intramolecular Hbond substituents is 1. The van der Waals surface area contributed by atoms with Crippen molar-refractivity contribution >= 4 is 11.6 Å². The molecule has 104 valence electrons. The second kappa shape index (κ2) is 7.59. The number of unbranched alkanes of at least 4 members (excludes halogenated alkanes) is 1. The third-order valence-corrected chi connectivity index (χ3v) is 3.10. The first-order valence-corrected chi connectivity index (χ1v) is 6.38. The Morgan fingerprint density at radius 3 is 2.58 bits per heavy atom. The molecule has 1 atom stereocenters. The summed E-state index contributed by atoms with van der Waals surface area (Å²) in [6.07, 6.45) is 4.13. The molecule has 0 heterocycles. The number of carbonyl (C=O) groups is 1. The van der Waals surface area contributed by atoms with Crippen LogP contribution in [-0.4, -0.2) is 29.8 Å². The van der Waals surface area contributed by atoms with Crippen molar-refractivity contribution in [2.24, 2.45) is 5.92 Å². The molecule has 1 rings (SSSR count). The fourth-order valence-electron chi connectivity index (χ4n) is 1.88. The van der Waals surface area contributed by atoms with Gasteiger partial charge < -0.3 is 15.1 Å². The lowest BCUT2D eigenvalue weighted by molar-refractivity contribution is -0.123. The molecule has 0 aromatic heterocycles. The van der Waals surface area contributed by atoms with Crippen molar-refractivity contribution in [1.82, 2.24) is 0 Å². The maximum Gasteiger partial charge on any atom is 0.232 e. The van der Waals surface area contributed by atoms with Crippen LogP contribution in [-0.2, 0) is 4.79 Å². The van der Waals surface area contributed by atoms with Crippen molar-refractivity contribution in [2.75, 3.05) is 18.6 Å². The van der Waals surface area contributed by atoms with Crippen molar-refractivity contribution in [3.63, 3.8) is 0 Å². The topological polar surface area (TPSA) is 60.8 Å². The second-order valence-corrected chi connectivity index (χ2v) is 4.51. The molecular weight excluding hydrogens is 242 g/mol. The molecule has 0 aliphatic carbocycles. The Bertz CT molecular complexity index is 414. The van der Waals surface area contributed by atoms with Gasteiger partial charge in [0.05, 0.1) is 12.5 Å². The predicted molar refractivity (Wildman–Crippen MR) is 76.1 cm³/mol. The lowest BCUT2D eigenvalue weighted by atomic mass is 10.0. The average molecular weight is 263 g/mol. The number of amides is 1. The molecule has 0 aliphatic heterocycles. The summed E-state index contributed by atoms with van der Waals surface area (Å²) in [5.74, 6) is -0.342. The Morgan fingerprint density at radius 1 is 1.42 bits per heavy atom. The molecule has 0 bridgehead atoms. The molecule has 0 saturated heterocycles. The van der Waals surface area contributed by atoms with E-state index in [2.05, 4.69) is 6.58 Å². The highest BCUT2D eigenvalue weighted by Gasteiger charge is 2.21. The van der Waals surface area contributed by atoms with E-state index in [1.807, 2.05) is 6.08 Å². The Kier molecular flexibility index (Phi) is 6.09. The van der Waals surface area contributed by atoms with E-state index in [-0.39, 0.29) is 18.3 Å². The molecule has 19 heavy (non-hydrogen) atoms. The zero-order chi connectivity index (χ0) is 14.3. The third-order valence-electron chi connectivity index (χ3n) is 3.10. The summed E-state index contributed by atoms with van der Waals surface area (Å²) in [6.45, 7) is 3.48. The van der Waals surface area contributed by atoms with Gasteiger partial charge in [0.1, 0.15) is 5.75 Å². The van der Waals surface area contributed by atoms with E-state index >= 15 is 0 Å². The first-order valence-electron chi connectivity index (χ1n) is 6.38. The second-order valence-electron chi connectivity index (χ2n) is 4.51. The van der Waals surface area contributed by atoms with Crippen molar-refractivity contribution in [3.8, 4) is 5.75 Å². The Balaban J connectivity index is 2.67. The van der Waals surface area contributed by atoms with Crippen LogP contribution in [0.15, 0.2) is 36.9 Å². The van der Waals surface area contributed by atoms with E-state index in [0.29, 0.717) is 12.1 Å². The largest absolute Gasteiger partial charge is 0.508 e. The van der Waals surface area contributed by atoms with Crippen molar-refractivity contribution < 1.29 is 15.0 Å². The number of rotatable bonds is 7. The van der Waals surface area contributed by atoms with E-state index in [9.17, 15) is 15.0 Å². The number of aliphatic hydroxyl groups is 1. The summed E-state index contributed by atoms with van der Waals surface area (Å²) >= 11 is 0. The predicted octanol–water partition coefficient (Wildman–Crippen LogP) is 2.32. The number of nitrogens with zero attached hydrogens (tertiary/aromatic N) is 1. The number of phenols is 1. The molecule has 0 aliphatic rings. The summed E-state index contributed by atoms with van der Waals surface area (Å²) in [4.78, 5) is 13.7. The summed E-state index contributed by atoms with van der Waals surface area (Å²) in [5, 5.41) is 18.5. The van der Waals surface area contributed by atoms with Gasteiger partial charge in [-0.2, -0.15) is 0 Å². The monoisotopic (exact) mass is 263 g/mol. The third kappa shape index (κ3) is 4.41. The quantitative estimate of drug-likeness (QED) is 0.586. The first kappa shape index (κ1) is 15.2. The van der Waals surface area contributed by atoms with E-state index in [1.165, 1.54) is 17.0 Å². The molecule has 0 saturated carbocycles. The van der Waals surface area contributed by atoms with Gasteiger partial charge >= 0.3 is 0 Å². The molecule has 0 spiro atoms. The van der Waals surface area contributed by atoms with Crippen molar-refractivity contribution in [3.05, 3.63) is 36.9 Å². The average Bonchev–Trinajstić information content (AvgIpc) is 2.43. The maximum absolute atomic E-state index is 12.2. The number of allylic oxidation sites excluding steroid dienone is 1. The Hall–Kier alpha value is -1.81. The molecule has 1 amide bonds. The van der Waals surface area contributed by atoms with Gasteiger partial charge in [-0.15, -0.1) is 6.58 Å². The van der Waals surface area contributed by atoms with Crippen LogP contribution in [0.1, 0.15) is 19.3 Å². The van der Waals surface area contributed by atoms with E-state index in [4.69, 9.17) is 0 Å². The zero-order valence-electron chi connectivity index (χ0n) is 11.2. The van der Waals surface area contributed by atoms with Crippen LogP contribution in [0.5, 0.6) is 5.75 Å². The normalized spacial score (nSPS) is 11.9. The number of aromatic hydroxyl groups is 1. The molecule has 2 N–H and O–H groups in total. The van der Waals surface area contributed by atoms with Gasteiger partial charge in [0, 0.05) is 12.7 Å². The standard InChI is InChI=1S/C15H21NO3/c1-3-4-5-6-12(11-17)15(19)16(2)13-7-9-14(18)10-8-13/h3,7-10,12,17-18H,1,4-6,11H2,2H3. The number of anilines is 1. The number of carbonyl (C=O) groups excluding carboxylic acids is 1. The summed E-state index contributed by atoms with van der Waals surface area (Å²) in [6, 6.07) is 6.41. The molecule has 1 aromatic carbocycles. The molecule has 1 unspecified atom stereocenters. The highest BCUT2D eigenvalue weighted by molar-refractivity contribution is 5.94. The minimum Gasteiger partial charge on any atom is -0.508 e. The number of benzene rings is 1. The van der Waals surface area contributed by atoms with Crippen LogP contribution < -0.4 is 4.90 Å². The highest BCUT2D eigenvalue weighted by Crippen LogP contribution is 2.20. The van der Waals surface area contributed by atoms with E-state index in [0.717, 1.165) is 12.8 Å². The van der Waals surface area contributed by atoms with Gasteiger partial charge in [-0.25, -0.2) is 0 Å². The molecule has 0 fully saturated rings. The molecule has 1 aromatic rings. The SMILES string of the molecule is C=CCCCC(CO)C(=O)N(C)c1ccc(O)cc1. The number of hydrogen-bond acceptors (Lipinski definition) is 3. The molecule has 4 nitrogen and oxygen atoms in total. The highest BCUT2D eigenvalue weighted by atomic mass is 16.3.